The Bertz CT molecular complexity index is 1290. The Balaban J connectivity index is 1.32. The molecule has 2 fully saturated rings. The molecule has 0 aromatic carbocycles. The van der Waals surface area contributed by atoms with Crippen molar-refractivity contribution in [1.82, 2.24) is 24.7 Å². The van der Waals surface area contributed by atoms with E-state index in [1.807, 2.05) is 25.4 Å². The first-order chi connectivity index (χ1) is 14.8. The fraction of sp³-hybridized carbons (Fsp3) is 0.458. The van der Waals surface area contributed by atoms with Gasteiger partial charge in [0.1, 0.15) is 11.2 Å². The van der Waals surface area contributed by atoms with Crippen molar-refractivity contribution < 1.29 is 0 Å². The molecule has 0 amide bonds. The van der Waals surface area contributed by atoms with Gasteiger partial charge in [0.15, 0.2) is 5.13 Å². The van der Waals surface area contributed by atoms with Crippen molar-refractivity contribution in [2.75, 3.05) is 11.9 Å². The highest BCUT2D eigenvalue weighted by Crippen LogP contribution is 2.44. The number of pyridine rings is 2. The molecular weight excluding hydrogens is 404 g/mol. The number of aromatic nitrogens is 4. The predicted octanol–water partition coefficient (Wildman–Crippen LogP) is 4.81. The third-order valence-electron chi connectivity index (χ3n) is 7.18. The van der Waals surface area contributed by atoms with Crippen LogP contribution in [0.5, 0.6) is 0 Å². The smallest absolute Gasteiger partial charge is 0.186 e. The lowest BCUT2D eigenvalue weighted by molar-refractivity contribution is 0.208. The molecule has 2 unspecified atom stereocenters. The van der Waals surface area contributed by atoms with Crippen LogP contribution in [0.2, 0.25) is 0 Å². The van der Waals surface area contributed by atoms with E-state index in [-0.39, 0.29) is 11.1 Å². The van der Waals surface area contributed by atoms with Gasteiger partial charge < -0.3 is 14.6 Å². The molecule has 2 atom stereocenters. The van der Waals surface area contributed by atoms with Crippen molar-refractivity contribution in [3.63, 3.8) is 0 Å². The van der Waals surface area contributed by atoms with Gasteiger partial charge in [-0.2, -0.15) is 0 Å². The average molecular weight is 433 g/mol. The summed E-state index contributed by atoms with van der Waals surface area (Å²) >= 11 is 1.77. The van der Waals surface area contributed by atoms with Gasteiger partial charge in [-0.25, -0.2) is 9.97 Å². The number of thiazole rings is 1. The average Bonchev–Trinajstić information content (AvgIpc) is 3.38. The Labute approximate surface area is 186 Å². The first-order valence-electron chi connectivity index (χ1n) is 11.0. The van der Waals surface area contributed by atoms with Crippen LogP contribution >= 0.6 is 11.3 Å². The maximum Gasteiger partial charge on any atom is 0.186 e. The van der Waals surface area contributed by atoms with Crippen molar-refractivity contribution in [1.29, 1.82) is 0 Å². The van der Waals surface area contributed by atoms with E-state index >= 15 is 0 Å². The summed E-state index contributed by atoms with van der Waals surface area (Å²) in [7, 11) is 2.21. The second-order valence-corrected chi connectivity index (χ2v) is 11.0. The van der Waals surface area contributed by atoms with Crippen molar-refractivity contribution in [2.24, 2.45) is 0 Å². The Morgan fingerprint density at radius 1 is 1.13 bits per heavy atom. The van der Waals surface area contributed by atoms with Gasteiger partial charge in [-0.05, 0) is 64.7 Å². The molecule has 0 radical (unpaired) electrons. The highest BCUT2D eigenvalue weighted by atomic mass is 32.1. The number of fused-ring (bicyclic) bond motifs is 4. The zero-order valence-corrected chi connectivity index (χ0v) is 19.3. The zero-order chi connectivity index (χ0) is 21.4. The standard InChI is InChI=1S/C24H28N6S/c1-15-13-30-14-16(5-6-21(30)26-15)18-9-20-19(12-25-18)27-22(31-20)29(4)17-10-23(2)7-8-24(3,11-17)28-23/h5-6,9,12-14,17,28H,7-8,10-11H2,1-4H3. The highest BCUT2D eigenvalue weighted by Gasteiger charge is 2.49. The van der Waals surface area contributed by atoms with Gasteiger partial charge in [0.25, 0.3) is 0 Å². The molecule has 160 valence electrons. The maximum atomic E-state index is 4.94. The van der Waals surface area contributed by atoms with Crippen LogP contribution < -0.4 is 10.2 Å². The molecule has 2 aliphatic rings. The summed E-state index contributed by atoms with van der Waals surface area (Å²) in [5.41, 5.74) is 5.52. The Hall–Kier alpha value is -2.51. The van der Waals surface area contributed by atoms with Crippen LogP contribution in [0.25, 0.3) is 27.1 Å². The lowest BCUT2D eigenvalue weighted by atomic mass is 9.84. The van der Waals surface area contributed by atoms with Crippen LogP contribution in [0.1, 0.15) is 45.2 Å². The van der Waals surface area contributed by atoms with Crippen LogP contribution in [-0.4, -0.2) is 43.5 Å². The summed E-state index contributed by atoms with van der Waals surface area (Å²) in [4.78, 5) is 16.6. The summed E-state index contributed by atoms with van der Waals surface area (Å²) in [6.45, 7) is 6.78. The first kappa shape index (κ1) is 19.2. The molecule has 7 heteroatoms. The van der Waals surface area contributed by atoms with Crippen molar-refractivity contribution in [3.8, 4) is 11.3 Å². The fourth-order valence-electron chi connectivity index (χ4n) is 5.65. The van der Waals surface area contributed by atoms with Crippen molar-refractivity contribution >= 4 is 32.3 Å². The first-order valence-corrected chi connectivity index (χ1v) is 11.9. The fourth-order valence-corrected chi connectivity index (χ4v) is 6.66. The minimum absolute atomic E-state index is 0.252. The number of hydrogen-bond donors (Lipinski definition) is 1. The summed E-state index contributed by atoms with van der Waals surface area (Å²) < 4.78 is 3.25. The van der Waals surface area contributed by atoms with E-state index in [1.54, 1.807) is 11.3 Å². The van der Waals surface area contributed by atoms with Crippen molar-refractivity contribution in [2.45, 2.75) is 63.6 Å². The van der Waals surface area contributed by atoms with Gasteiger partial charge in [-0.1, -0.05) is 11.3 Å². The molecule has 1 N–H and O–H groups in total. The Morgan fingerprint density at radius 3 is 2.68 bits per heavy atom. The van der Waals surface area contributed by atoms with Crippen molar-refractivity contribution in [3.05, 3.63) is 42.5 Å². The van der Waals surface area contributed by atoms with Gasteiger partial charge in [-0.15, -0.1) is 0 Å². The molecule has 2 bridgehead atoms. The van der Waals surface area contributed by atoms with E-state index < -0.39 is 0 Å². The number of nitrogens with one attached hydrogen (secondary N) is 1. The number of rotatable bonds is 3. The van der Waals surface area contributed by atoms with Crippen LogP contribution in [0, 0.1) is 6.92 Å². The molecule has 4 aromatic rings. The molecule has 2 saturated heterocycles. The van der Waals surface area contributed by atoms with Gasteiger partial charge in [-0.3, -0.25) is 4.98 Å². The number of piperidine rings is 1. The number of imidazole rings is 1. The number of anilines is 1. The lowest BCUT2D eigenvalue weighted by Crippen LogP contribution is -2.58. The molecule has 4 aromatic heterocycles. The van der Waals surface area contributed by atoms with Crippen LogP contribution in [0.15, 0.2) is 36.8 Å². The topological polar surface area (TPSA) is 58.4 Å². The summed E-state index contributed by atoms with van der Waals surface area (Å²) in [6, 6.07) is 6.83. The summed E-state index contributed by atoms with van der Waals surface area (Å²) in [6.07, 6.45) is 10.9. The molecule has 6 heterocycles. The molecular formula is C24H28N6S. The Kier molecular flexibility index (Phi) is 4.02. The van der Waals surface area contributed by atoms with E-state index in [2.05, 4.69) is 58.8 Å². The second kappa shape index (κ2) is 6.50. The van der Waals surface area contributed by atoms with Crippen LogP contribution in [0.3, 0.4) is 0 Å². The largest absolute Gasteiger partial charge is 0.348 e. The third kappa shape index (κ3) is 3.22. The molecule has 6 nitrogen and oxygen atoms in total. The lowest BCUT2D eigenvalue weighted by Gasteiger charge is -2.45. The van der Waals surface area contributed by atoms with E-state index in [9.17, 15) is 0 Å². The molecule has 0 saturated carbocycles. The highest BCUT2D eigenvalue weighted by molar-refractivity contribution is 7.22. The third-order valence-corrected chi connectivity index (χ3v) is 8.29. The molecule has 2 aliphatic heterocycles. The van der Waals surface area contributed by atoms with Crippen LogP contribution in [0.4, 0.5) is 5.13 Å². The van der Waals surface area contributed by atoms with Gasteiger partial charge in [0.2, 0.25) is 0 Å². The second-order valence-electron chi connectivity index (χ2n) is 10.0. The van der Waals surface area contributed by atoms with Gasteiger partial charge >= 0.3 is 0 Å². The summed E-state index contributed by atoms with van der Waals surface area (Å²) in [5.74, 6) is 0. The quantitative estimate of drug-likeness (QED) is 0.503. The van der Waals surface area contributed by atoms with E-state index in [4.69, 9.17) is 9.97 Å². The number of hydrogen-bond acceptors (Lipinski definition) is 6. The Morgan fingerprint density at radius 2 is 1.90 bits per heavy atom. The van der Waals surface area contributed by atoms with Gasteiger partial charge in [0.05, 0.1) is 22.3 Å². The van der Waals surface area contributed by atoms with E-state index in [0.717, 1.165) is 33.2 Å². The minimum atomic E-state index is 0.252. The van der Waals surface area contributed by atoms with E-state index in [1.165, 1.54) is 30.4 Å². The maximum absolute atomic E-state index is 4.94. The van der Waals surface area contributed by atoms with Gasteiger partial charge in [0, 0.05) is 42.1 Å². The summed E-state index contributed by atoms with van der Waals surface area (Å²) in [5, 5.41) is 4.98. The molecule has 0 spiro atoms. The number of nitrogens with zero attached hydrogens (tertiary/aromatic N) is 5. The zero-order valence-electron chi connectivity index (χ0n) is 18.5. The molecule has 31 heavy (non-hydrogen) atoms. The minimum Gasteiger partial charge on any atom is -0.348 e. The molecule has 0 aliphatic carbocycles. The SMILES string of the molecule is Cc1cn2cc(-c3cc4sc(N(C)C5CC6(C)CCC(C)(C5)N6)nc4cn3)ccc2n1. The number of aryl methyl sites for hydroxylation is 1. The van der Waals surface area contributed by atoms with Crippen LogP contribution in [-0.2, 0) is 0 Å². The normalized spacial score (nSPS) is 27.9. The molecule has 6 rings (SSSR count). The predicted molar refractivity (Wildman–Crippen MR) is 127 cm³/mol. The van der Waals surface area contributed by atoms with E-state index in [0.29, 0.717) is 6.04 Å². The monoisotopic (exact) mass is 432 g/mol.